The Hall–Kier alpha value is -0.785. The minimum Gasteiger partial charge on any atom is -0.262 e. The highest BCUT2D eigenvalue weighted by Crippen LogP contribution is 1.89. The molecule has 0 aromatic carbocycles. The van der Waals surface area contributed by atoms with E-state index in [0.717, 1.165) is 5.69 Å². The highest BCUT2D eigenvalue weighted by Gasteiger charge is 2.00. The molecular formula is C10H18BN. The van der Waals surface area contributed by atoms with Crippen LogP contribution in [0.3, 0.4) is 0 Å². The van der Waals surface area contributed by atoms with Gasteiger partial charge in [-0.2, -0.15) is 0 Å². The summed E-state index contributed by atoms with van der Waals surface area (Å²) in [7, 11) is 0. The van der Waals surface area contributed by atoms with Gasteiger partial charge in [0.2, 0.25) is 0 Å². The molecule has 66 valence electrons. The molecule has 0 amide bonds. The molecule has 1 rings (SSSR count). The van der Waals surface area contributed by atoms with Crippen LogP contribution in [0.4, 0.5) is 0 Å². The molecule has 0 saturated carbocycles. The van der Waals surface area contributed by atoms with Gasteiger partial charge in [0.25, 0.3) is 0 Å². The zero-order valence-electron chi connectivity index (χ0n) is 8.76. The number of hydrogen-bond donors (Lipinski definition) is 0. The van der Waals surface area contributed by atoms with Gasteiger partial charge in [-0.1, -0.05) is 39.0 Å². The summed E-state index contributed by atoms with van der Waals surface area (Å²) in [5, 5.41) is 0. The van der Waals surface area contributed by atoms with Crippen LogP contribution in [0.5, 0.6) is 0 Å². The van der Waals surface area contributed by atoms with E-state index < -0.39 is 0 Å². The molecule has 1 nitrogen and oxygen atoms in total. The van der Waals surface area contributed by atoms with Crippen molar-refractivity contribution in [3.05, 3.63) is 24.0 Å². The maximum absolute atomic E-state index is 4.20. The Morgan fingerprint density at radius 2 is 1.75 bits per heavy atom. The first-order chi connectivity index (χ1) is 5.70. The summed E-state index contributed by atoms with van der Waals surface area (Å²) < 4.78 is 0. The number of rotatable bonds is 1. The molecule has 0 saturated heterocycles. The van der Waals surface area contributed by atoms with E-state index in [4.69, 9.17) is 0 Å². The van der Waals surface area contributed by atoms with E-state index >= 15 is 0 Å². The zero-order valence-corrected chi connectivity index (χ0v) is 8.76. The van der Waals surface area contributed by atoms with E-state index in [1.165, 1.54) is 5.46 Å². The van der Waals surface area contributed by atoms with E-state index in [2.05, 4.69) is 30.8 Å². The molecule has 1 aromatic rings. The Kier molecular flexibility index (Phi) is 5.43. The third-order valence-electron chi connectivity index (χ3n) is 1.60. The Morgan fingerprint density at radius 3 is 2.08 bits per heavy atom. The van der Waals surface area contributed by atoms with Gasteiger partial charge in [0, 0.05) is 11.9 Å². The van der Waals surface area contributed by atoms with E-state index in [0.29, 0.717) is 6.71 Å². The van der Waals surface area contributed by atoms with E-state index in [1.807, 2.05) is 27.0 Å². The third kappa shape index (κ3) is 3.56. The third-order valence-corrected chi connectivity index (χ3v) is 1.60. The van der Waals surface area contributed by atoms with Crippen molar-refractivity contribution in [1.29, 1.82) is 0 Å². The normalized spacial score (nSPS) is 8.42. The molecule has 2 heteroatoms. The lowest BCUT2D eigenvalue weighted by Gasteiger charge is -1.99. The predicted octanol–water partition coefficient (Wildman–Crippen LogP) is 2.38. The maximum atomic E-state index is 4.20. The van der Waals surface area contributed by atoms with Crippen molar-refractivity contribution < 1.29 is 0 Å². The van der Waals surface area contributed by atoms with Crippen LogP contribution in [0.15, 0.2) is 18.3 Å². The van der Waals surface area contributed by atoms with Gasteiger partial charge in [0.1, 0.15) is 0 Å². The van der Waals surface area contributed by atoms with Gasteiger partial charge >= 0.3 is 0 Å². The molecule has 0 atom stereocenters. The lowest BCUT2D eigenvalue weighted by atomic mass is 9.50. The molecule has 1 aromatic heterocycles. The van der Waals surface area contributed by atoms with Crippen LogP contribution in [-0.4, -0.2) is 11.7 Å². The summed E-state index contributed by atoms with van der Waals surface area (Å²) in [5.74, 6) is 0. The quantitative estimate of drug-likeness (QED) is 0.579. The standard InChI is InChI=1S/C8H12BN.C2H6/c1-7-4-5-8(6-10-7)9(2)3;1-2/h4-6H,1-3H3;1-2H3. The lowest BCUT2D eigenvalue weighted by molar-refractivity contribution is 1.21. The second-order valence-electron chi connectivity index (χ2n) is 2.89. The van der Waals surface area contributed by atoms with Crippen LogP contribution in [0.1, 0.15) is 19.5 Å². The summed E-state index contributed by atoms with van der Waals surface area (Å²) in [6, 6.07) is 4.18. The lowest BCUT2D eigenvalue weighted by Crippen LogP contribution is -2.22. The molecule has 0 bridgehead atoms. The first-order valence-electron chi connectivity index (χ1n) is 4.62. The monoisotopic (exact) mass is 163 g/mol. The van der Waals surface area contributed by atoms with Crippen LogP contribution in [-0.2, 0) is 0 Å². The highest BCUT2D eigenvalue weighted by molar-refractivity contribution is 6.70. The molecule has 0 aliphatic carbocycles. The SMILES string of the molecule is CB(C)c1ccc(C)nc1.CC. The fourth-order valence-electron chi connectivity index (χ4n) is 0.821. The molecule has 0 unspecified atom stereocenters. The largest absolute Gasteiger partial charge is 0.262 e. The zero-order chi connectivity index (χ0) is 9.56. The molecule has 0 aliphatic rings. The smallest absolute Gasteiger partial charge is 0.171 e. The number of pyridine rings is 1. The molecule has 0 radical (unpaired) electrons. The van der Waals surface area contributed by atoms with Crippen molar-refractivity contribution in [2.75, 3.05) is 0 Å². The van der Waals surface area contributed by atoms with Gasteiger partial charge in [0.15, 0.2) is 6.71 Å². The molecule has 0 aliphatic heterocycles. The number of aryl methyl sites for hydroxylation is 1. The van der Waals surface area contributed by atoms with Gasteiger partial charge in [0.05, 0.1) is 0 Å². The molecule has 12 heavy (non-hydrogen) atoms. The van der Waals surface area contributed by atoms with Crippen LogP contribution in [0.2, 0.25) is 13.6 Å². The van der Waals surface area contributed by atoms with Crippen molar-refractivity contribution in [3.63, 3.8) is 0 Å². The van der Waals surface area contributed by atoms with Crippen molar-refractivity contribution in [1.82, 2.24) is 4.98 Å². The fraction of sp³-hybridized carbons (Fsp3) is 0.500. The van der Waals surface area contributed by atoms with Crippen LogP contribution < -0.4 is 5.46 Å². The summed E-state index contributed by atoms with van der Waals surface area (Å²) in [6.07, 6.45) is 1.94. The molecule has 0 fully saturated rings. The van der Waals surface area contributed by atoms with Crippen LogP contribution in [0, 0.1) is 6.92 Å². The number of aromatic nitrogens is 1. The van der Waals surface area contributed by atoms with Crippen molar-refractivity contribution in [2.45, 2.75) is 34.4 Å². The predicted molar refractivity (Wildman–Crippen MR) is 57.4 cm³/mol. The van der Waals surface area contributed by atoms with Gasteiger partial charge in [-0.3, -0.25) is 4.98 Å². The second kappa shape index (κ2) is 5.81. The van der Waals surface area contributed by atoms with Gasteiger partial charge in [-0.15, -0.1) is 0 Å². The Bertz CT molecular complexity index is 204. The first-order valence-corrected chi connectivity index (χ1v) is 4.62. The van der Waals surface area contributed by atoms with E-state index in [-0.39, 0.29) is 0 Å². The van der Waals surface area contributed by atoms with E-state index in [1.54, 1.807) is 0 Å². The fourth-order valence-corrected chi connectivity index (χ4v) is 0.821. The van der Waals surface area contributed by atoms with E-state index in [9.17, 15) is 0 Å². The minimum absolute atomic E-state index is 0.591. The van der Waals surface area contributed by atoms with Crippen molar-refractivity contribution in [3.8, 4) is 0 Å². The maximum Gasteiger partial charge on any atom is 0.171 e. The van der Waals surface area contributed by atoms with Crippen molar-refractivity contribution in [2.24, 2.45) is 0 Å². The Morgan fingerprint density at radius 1 is 1.17 bits per heavy atom. The molecular weight excluding hydrogens is 145 g/mol. The minimum atomic E-state index is 0.591. The van der Waals surface area contributed by atoms with Crippen LogP contribution in [0.25, 0.3) is 0 Å². The first kappa shape index (κ1) is 11.2. The average Bonchev–Trinajstić information content (AvgIpc) is 2.09. The highest BCUT2D eigenvalue weighted by atomic mass is 14.6. The average molecular weight is 163 g/mol. The number of hydrogen-bond acceptors (Lipinski definition) is 1. The topological polar surface area (TPSA) is 12.9 Å². The molecule has 1 heterocycles. The van der Waals surface area contributed by atoms with Crippen LogP contribution >= 0.6 is 0 Å². The Labute approximate surface area is 76.3 Å². The molecule has 0 N–H and O–H groups in total. The Balaban J connectivity index is 0.000000561. The van der Waals surface area contributed by atoms with Gasteiger partial charge in [-0.05, 0) is 13.0 Å². The van der Waals surface area contributed by atoms with Crippen molar-refractivity contribution >= 4 is 12.2 Å². The molecule has 0 spiro atoms. The number of nitrogens with zero attached hydrogens (tertiary/aromatic N) is 1. The summed E-state index contributed by atoms with van der Waals surface area (Å²) in [6.45, 7) is 10.9. The summed E-state index contributed by atoms with van der Waals surface area (Å²) in [5.41, 5.74) is 2.40. The summed E-state index contributed by atoms with van der Waals surface area (Å²) >= 11 is 0. The second-order valence-corrected chi connectivity index (χ2v) is 2.89. The van der Waals surface area contributed by atoms with Gasteiger partial charge in [-0.25, -0.2) is 0 Å². The van der Waals surface area contributed by atoms with Gasteiger partial charge < -0.3 is 0 Å². The summed E-state index contributed by atoms with van der Waals surface area (Å²) in [4.78, 5) is 4.20.